The van der Waals surface area contributed by atoms with E-state index in [2.05, 4.69) is 11.1 Å². The number of pyridine rings is 1. The molecule has 0 radical (unpaired) electrons. The number of benzene rings is 1. The molecule has 0 N–H and O–H groups in total. The van der Waals surface area contributed by atoms with Gasteiger partial charge in [0.2, 0.25) is 0 Å². The molecule has 0 bridgehead atoms. The van der Waals surface area contributed by atoms with Gasteiger partial charge in [-0.1, -0.05) is 11.6 Å². The number of nitriles is 1. The average molecular weight is 275 g/mol. The zero-order valence-corrected chi connectivity index (χ0v) is 11.0. The van der Waals surface area contributed by atoms with Gasteiger partial charge in [-0.15, -0.1) is 0 Å². The van der Waals surface area contributed by atoms with Crippen LogP contribution in [0.3, 0.4) is 0 Å². The van der Waals surface area contributed by atoms with E-state index >= 15 is 0 Å². The number of halogens is 1. The highest BCUT2D eigenvalue weighted by molar-refractivity contribution is 6.30. The molecule has 0 saturated heterocycles. The summed E-state index contributed by atoms with van der Waals surface area (Å²) in [4.78, 5) is 3.93. The maximum atomic E-state index is 8.89. The summed E-state index contributed by atoms with van der Waals surface area (Å²) in [5.41, 5.74) is 1.35. The predicted molar refractivity (Wildman–Crippen MR) is 71.3 cm³/mol. The Bertz CT molecular complexity index is 623. The number of aromatic nitrogens is 1. The molecule has 1 heterocycles. The van der Waals surface area contributed by atoms with Crippen LogP contribution < -0.4 is 9.47 Å². The number of hydrogen-bond donors (Lipinski definition) is 0. The third-order valence-corrected chi connectivity index (χ3v) is 2.69. The van der Waals surface area contributed by atoms with E-state index in [4.69, 9.17) is 26.3 Å². The van der Waals surface area contributed by atoms with Crippen molar-refractivity contribution in [1.29, 1.82) is 5.26 Å². The molecule has 0 aliphatic carbocycles. The van der Waals surface area contributed by atoms with Crippen molar-refractivity contribution in [1.82, 2.24) is 4.98 Å². The third kappa shape index (κ3) is 3.36. The lowest BCUT2D eigenvalue weighted by Crippen LogP contribution is -1.99. The Morgan fingerprint density at radius 2 is 2.16 bits per heavy atom. The molecule has 0 atom stereocenters. The van der Waals surface area contributed by atoms with Gasteiger partial charge < -0.3 is 9.47 Å². The standard InChI is InChI=1S/C14H11ClN2O2/c1-18-14-3-2-10(6-16)4-11(14)9-19-13-5-12(15)7-17-8-13/h2-5,7-8H,9H2,1H3. The normalized spacial score (nSPS) is 9.74. The molecule has 19 heavy (non-hydrogen) atoms. The van der Waals surface area contributed by atoms with Crippen molar-refractivity contribution >= 4 is 11.6 Å². The monoisotopic (exact) mass is 274 g/mol. The Morgan fingerprint density at radius 3 is 2.84 bits per heavy atom. The molecule has 0 spiro atoms. The lowest BCUT2D eigenvalue weighted by Gasteiger charge is -2.10. The molecule has 0 unspecified atom stereocenters. The summed E-state index contributed by atoms with van der Waals surface area (Å²) in [5, 5.41) is 9.40. The van der Waals surface area contributed by atoms with Gasteiger partial charge in [-0.2, -0.15) is 5.26 Å². The highest BCUT2D eigenvalue weighted by atomic mass is 35.5. The molecule has 0 saturated carbocycles. The average Bonchev–Trinajstić information content (AvgIpc) is 2.45. The SMILES string of the molecule is COc1ccc(C#N)cc1COc1cncc(Cl)c1. The van der Waals surface area contributed by atoms with Gasteiger partial charge in [0.05, 0.1) is 30.0 Å². The Hall–Kier alpha value is -2.25. The molecular formula is C14H11ClN2O2. The first-order chi connectivity index (χ1) is 9.22. The molecule has 2 aromatic rings. The van der Waals surface area contributed by atoms with Gasteiger partial charge in [-0.3, -0.25) is 4.98 Å². The van der Waals surface area contributed by atoms with Crippen LogP contribution in [0.5, 0.6) is 11.5 Å². The molecule has 1 aromatic heterocycles. The van der Waals surface area contributed by atoms with Crippen molar-refractivity contribution in [2.24, 2.45) is 0 Å². The second-order valence-corrected chi connectivity index (χ2v) is 4.20. The van der Waals surface area contributed by atoms with E-state index in [0.29, 0.717) is 22.1 Å². The van der Waals surface area contributed by atoms with E-state index < -0.39 is 0 Å². The van der Waals surface area contributed by atoms with Gasteiger partial charge in [0.25, 0.3) is 0 Å². The number of nitrogens with zero attached hydrogens (tertiary/aromatic N) is 2. The largest absolute Gasteiger partial charge is 0.496 e. The molecule has 2 rings (SSSR count). The molecule has 1 aromatic carbocycles. The van der Waals surface area contributed by atoms with E-state index in [0.717, 1.165) is 5.56 Å². The molecular weight excluding hydrogens is 264 g/mol. The fourth-order valence-corrected chi connectivity index (χ4v) is 1.76. The summed E-state index contributed by atoms with van der Waals surface area (Å²) < 4.78 is 10.8. The van der Waals surface area contributed by atoms with Crippen LogP contribution >= 0.6 is 11.6 Å². The number of rotatable bonds is 4. The number of hydrogen-bond acceptors (Lipinski definition) is 4. The van der Waals surface area contributed by atoms with E-state index in [1.54, 1.807) is 37.6 Å². The van der Waals surface area contributed by atoms with Crippen LogP contribution in [-0.2, 0) is 6.61 Å². The minimum absolute atomic E-state index is 0.278. The minimum atomic E-state index is 0.278. The van der Waals surface area contributed by atoms with Crippen LogP contribution in [0.25, 0.3) is 0 Å². The molecule has 96 valence electrons. The fourth-order valence-electron chi connectivity index (χ4n) is 1.59. The van der Waals surface area contributed by atoms with Crippen molar-refractivity contribution < 1.29 is 9.47 Å². The van der Waals surface area contributed by atoms with Crippen LogP contribution in [0.15, 0.2) is 36.7 Å². The third-order valence-electron chi connectivity index (χ3n) is 2.48. The number of ether oxygens (including phenoxy) is 2. The Morgan fingerprint density at radius 1 is 1.32 bits per heavy atom. The van der Waals surface area contributed by atoms with E-state index in [-0.39, 0.29) is 6.61 Å². The van der Waals surface area contributed by atoms with Crippen molar-refractivity contribution in [3.05, 3.63) is 52.8 Å². The molecule has 0 aliphatic heterocycles. The zero-order chi connectivity index (χ0) is 13.7. The zero-order valence-electron chi connectivity index (χ0n) is 10.3. The molecule has 4 nitrogen and oxygen atoms in total. The lowest BCUT2D eigenvalue weighted by atomic mass is 10.1. The molecule has 5 heteroatoms. The molecule has 0 amide bonds. The van der Waals surface area contributed by atoms with Gasteiger partial charge in [0, 0.05) is 17.8 Å². The van der Waals surface area contributed by atoms with E-state index in [1.165, 1.54) is 6.20 Å². The van der Waals surface area contributed by atoms with Crippen molar-refractivity contribution in [3.63, 3.8) is 0 Å². The lowest BCUT2D eigenvalue weighted by molar-refractivity contribution is 0.295. The molecule has 0 fully saturated rings. The Kier molecular flexibility index (Phi) is 4.22. The maximum absolute atomic E-state index is 8.89. The molecule has 0 aliphatic rings. The highest BCUT2D eigenvalue weighted by Gasteiger charge is 2.06. The van der Waals surface area contributed by atoms with Crippen molar-refractivity contribution in [2.45, 2.75) is 6.61 Å². The van der Waals surface area contributed by atoms with E-state index in [1.807, 2.05) is 0 Å². The van der Waals surface area contributed by atoms with E-state index in [9.17, 15) is 0 Å². The van der Waals surface area contributed by atoms with Crippen molar-refractivity contribution in [3.8, 4) is 17.6 Å². The summed E-state index contributed by atoms with van der Waals surface area (Å²) >= 11 is 5.82. The van der Waals surface area contributed by atoms with Crippen LogP contribution in [0.2, 0.25) is 5.02 Å². The van der Waals surface area contributed by atoms with Gasteiger partial charge in [-0.25, -0.2) is 0 Å². The summed E-state index contributed by atoms with van der Waals surface area (Å²) in [7, 11) is 1.58. The van der Waals surface area contributed by atoms with Crippen LogP contribution in [0.1, 0.15) is 11.1 Å². The first-order valence-electron chi connectivity index (χ1n) is 5.53. The second kappa shape index (κ2) is 6.07. The fraction of sp³-hybridized carbons (Fsp3) is 0.143. The second-order valence-electron chi connectivity index (χ2n) is 3.77. The van der Waals surface area contributed by atoms with Gasteiger partial charge in [-0.05, 0) is 18.2 Å². The first-order valence-corrected chi connectivity index (χ1v) is 5.91. The summed E-state index contributed by atoms with van der Waals surface area (Å²) in [6, 6.07) is 8.93. The van der Waals surface area contributed by atoms with Crippen LogP contribution in [0, 0.1) is 11.3 Å². The topological polar surface area (TPSA) is 55.1 Å². The van der Waals surface area contributed by atoms with Gasteiger partial charge in [0.1, 0.15) is 18.1 Å². The first kappa shape index (κ1) is 13.2. The Labute approximate surface area is 116 Å². The number of methoxy groups -OCH3 is 1. The predicted octanol–water partition coefficient (Wildman–Crippen LogP) is 3.19. The summed E-state index contributed by atoms with van der Waals surface area (Å²) in [6.45, 7) is 0.278. The quantitative estimate of drug-likeness (QED) is 0.859. The highest BCUT2D eigenvalue weighted by Crippen LogP contribution is 2.22. The summed E-state index contributed by atoms with van der Waals surface area (Å²) in [5.74, 6) is 1.24. The maximum Gasteiger partial charge on any atom is 0.139 e. The minimum Gasteiger partial charge on any atom is -0.496 e. The van der Waals surface area contributed by atoms with Crippen LogP contribution in [-0.4, -0.2) is 12.1 Å². The Balaban J connectivity index is 2.16. The van der Waals surface area contributed by atoms with Gasteiger partial charge >= 0.3 is 0 Å². The summed E-state index contributed by atoms with van der Waals surface area (Å²) in [6.07, 6.45) is 3.11. The van der Waals surface area contributed by atoms with Crippen LogP contribution in [0.4, 0.5) is 0 Å². The van der Waals surface area contributed by atoms with Crippen molar-refractivity contribution in [2.75, 3.05) is 7.11 Å². The smallest absolute Gasteiger partial charge is 0.139 e. The van der Waals surface area contributed by atoms with Gasteiger partial charge in [0.15, 0.2) is 0 Å².